The Kier molecular flexibility index (Phi) is 2.99. The van der Waals surface area contributed by atoms with Gasteiger partial charge in [0.25, 0.3) is 0 Å². The monoisotopic (exact) mass is 298 g/mol. The van der Waals surface area contributed by atoms with E-state index < -0.39 is 0 Å². The minimum absolute atomic E-state index is 0.0660. The lowest BCUT2D eigenvalue weighted by molar-refractivity contribution is 0.660. The van der Waals surface area contributed by atoms with E-state index in [-0.39, 0.29) is 5.41 Å². The largest absolute Gasteiger partial charge is 0.0614 e. The second kappa shape index (κ2) is 4.83. The van der Waals surface area contributed by atoms with Crippen LogP contribution in [0, 0.1) is 13.8 Å². The van der Waals surface area contributed by atoms with E-state index in [1.165, 1.54) is 44.5 Å². The second-order valence-electron chi connectivity index (χ2n) is 7.30. The second-order valence-corrected chi connectivity index (χ2v) is 7.30. The quantitative estimate of drug-likeness (QED) is 0.496. The molecule has 0 radical (unpaired) electrons. The number of benzene rings is 3. The van der Waals surface area contributed by atoms with E-state index in [0.29, 0.717) is 0 Å². The topological polar surface area (TPSA) is 0 Å². The molecule has 0 fully saturated rings. The maximum atomic E-state index is 2.39. The van der Waals surface area contributed by atoms with Crippen LogP contribution in [0.25, 0.3) is 22.3 Å². The van der Waals surface area contributed by atoms with Crippen LogP contribution < -0.4 is 0 Å². The van der Waals surface area contributed by atoms with E-state index in [1.807, 2.05) is 0 Å². The van der Waals surface area contributed by atoms with E-state index in [9.17, 15) is 0 Å². The normalized spacial score (nSPS) is 14.4. The molecule has 1 aliphatic carbocycles. The molecule has 3 aromatic rings. The highest BCUT2D eigenvalue weighted by atomic mass is 14.4. The Morgan fingerprint density at radius 1 is 0.609 bits per heavy atom. The molecule has 0 heteroatoms. The molecular weight excluding hydrogens is 276 g/mol. The maximum absolute atomic E-state index is 2.39. The first-order chi connectivity index (χ1) is 11.0. The van der Waals surface area contributed by atoms with Gasteiger partial charge in [0.05, 0.1) is 0 Å². The van der Waals surface area contributed by atoms with E-state index in [2.05, 4.69) is 88.4 Å². The highest BCUT2D eigenvalue weighted by Crippen LogP contribution is 2.49. The minimum Gasteiger partial charge on any atom is -0.0614 e. The van der Waals surface area contributed by atoms with Gasteiger partial charge in [0, 0.05) is 5.41 Å². The molecular formula is C23H22. The Labute approximate surface area is 138 Å². The lowest BCUT2D eigenvalue weighted by atomic mass is 9.81. The average molecular weight is 298 g/mol. The van der Waals surface area contributed by atoms with Crippen molar-refractivity contribution in [3.05, 3.63) is 82.9 Å². The van der Waals surface area contributed by atoms with Crippen LogP contribution in [0.5, 0.6) is 0 Å². The Bertz CT molecular complexity index is 913. The molecule has 23 heavy (non-hydrogen) atoms. The van der Waals surface area contributed by atoms with Gasteiger partial charge in [-0.15, -0.1) is 0 Å². The molecule has 0 saturated heterocycles. The number of aryl methyl sites for hydroxylation is 2. The average Bonchev–Trinajstić information content (AvgIpc) is 2.75. The summed E-state index contributed by atoms with van der Waals surface area (Å²) >= 11 is 0. The molecule has 0 aromatic heterocycles. The summed E-state index contributed by atoms with van der Waals surface area (Å²) in [5, 5.41) is 0. The molecule has 4 rings (SSSR count). The summed E-state index contributed by atoms with van der Waals surface area (Å²) in [6.07, 6.45) is 0. The van der Waals surface area contributed by atoms with Crippen molar-refractivity contribution in [2.45, 2.75) is 33.1 Å². The summed E-state index contributed by atoms with van der Waals surface area (Å²) in [7, 11) is 0. The zero-order valence-electron chi connectivity index (χ0n) is 14.3. The molecule has 0 N–H and O–H groups in total. The molecule has 3 aromatic carbocycles. The summed E-state index contributed by atoms with van der Waals surface area (Å²) in [6, 6.07) is 22.6. The first kappa shape index (κ1) is 14.3. The molecule has 114 valence electrons. The zero-order chi connectivity index (χ0) is 16.2. The fourth-order valence-electron chi connectivity index (χ4n) is 3.86. The SMILES string of the molecule is Cc1cccc(-c2ccc3c(c2)C(C)(C)c2cc(C)ccc2-3)c1. The van der Waals surface area contributed by atoms with Crippen LogP contribution in [0.2, 0.25) is 0 Å². The Morgan fingerprint density at radius 3 is 1.96 bits per heavy atom. The van der Waals surface area contributed by atoms with Crippen LogP contribution in [0.4, 0.5) is 0 Å². The van der Waals surface area contributed by atoms with Gasteiger partial charge in [-0.25, -0.2) is 0 Å². The highest BCUT2D eigenvalue weighted by molar-refractivity contribution is 5.83. The van der Waals surface area contributed by atoms with E-state index in [1.54, 1.807) is 0 Å². The lowest BCUT2D eigenvalue weighted by Crippen LogP contribution is -2.15. The van der Waals surface area contributed by atoms with Crippen LogP contribution in [-0.4, -0.2) is 0 Å². The van der Waals surface area contributed by atoms with Crippen molar-refractivity contribution >= 4 is 0 Å². The fraction of sp³-hybridized carbons (Fsp3) is 0.217. The molecule has 0 unspecified atom stereocenters. The van der Waals surface area contributed by atoms with Gasteiger partial charge >= 0.3 is 0 Å². The third-order valence-corrected chi connectivity index (χ3v) is 5.18. The Balaban J connectivity index is 1.92. The van der Waals surface area contributed by atoms with Gasteiger partial charge in [0.2, 0.25) is 0 Å². The van der Waals surface area contributed by atoms with E-state index >= 15 is 0 Å². The molecule has 0 atom stereocenters. The fourth-order valence-corrected chi connectivity index (χ4v) is 3.86. The maximum Gasteiger partial charge on any atom is 0.0159 e. The third-order valence-electron chi connectivity index (χ3n) is 5.18. The van der Waals surface area contributed by atoms with Crippen LogP contribution in [0.1, 0.15) is 36.1 Å². The van der Waals surface area contributed by atoms with Gasteiger partial charge in [0.1, 0.15) is 0 Å². The summed E-state index contributed by atoms with van der Waals surface area (Å²) in [6.45, 7) is 9.02. The molecule has 1 aliphatic rings. The zero-order valence-corrected chi connectivity index (χ0v) is 14.3. The summed E-state index contributed by atoms with van der Waals surface area (Å²) in [4.78, 5) is 0. The lowest BCUT2D eigenvalue weighted by Gasteiger charge is -2.22. The van der Waals surface area contributed by atoms with Crippen LogP contribution in [-0.2, 0) is 5.41 Å². The van der Waals surface area contributed by atoms with Gasteiger partial charge in [-0.3, -0.25) is 0 Å². The van der Waals surface area contributed by atoms with Crippen molar-refractivity contribution in [1.82, 2.24) is 0 Å². The molecule has 0 nitrogen and oxygen atoms in total. The van der Waals surface area contributed by atoms with Crippen molar-refractivity contribution in [2.24, 2.45) is 0 Å². The van der Waals surface area contributed by atoms with Gasteiger partial charge in [-0.1, -0.05) is 79.6 Å². The van der Waals surface area contributed by atoms with Crippen LogP contribution in [0.15, 0.2) is 60.7 Å². The molecule has 0 bridgehead atoms. The van der Waals surface area contributed by atoms with Crippen molar-refractivity contribution in [2.75, 3.05) is 0 Å². The third kappa shape index (κ3) is 2.13. The summed E-state index contributed by atoms with van der Waals surface area (Å²) in [5.41, 5.74) is 11.0. The first-order valence-electron chi connectivity index (χ1n) is 8.30. The number of rotatable bonds is 1. The highest BCUT2D eigenvalue weighted by Gasteiger charge is 2.35. The van der Waals surface area contributed by atoms with Crippen molar-refractivity contribution in [3.63, 3.8) is 0 Å². The first-order valence-corrected chi connectivity index (χ1v) is 8.30. The Morgan fingerprint density at radius 2 is 1.22 bits per heavy atom. The Hall–Kier alpha value is -2.34. The summed E-state index contributed by atoms with van der Waals surface area (Å²) < 4.78 is 0. The molecule has 0 heterocycles. The van der Waals surface area contributed by atoms with Crippen molar-refractivity contribution < 1.29 is 0 Å². The standard InChI is InChI=1S/C23H22/c1-15-6-5-7-17(12-15)18-9-11-20-19-10-8-16(2)13-21(19)23(3,4)22(20)14-18/h5-14H,1-4H3. The molecule has 0 saturated carbocycles. The van der Waals surface area contributed by atoms with Gasteiger partial charge in [0.15, 0.2) is 0 Å². The van der Waals surface area contributed by atoms with E-state index in [0.717, 1.165) is 0 Å². The molecule has 0 spiro atoms. The van der Waals surface area contributed by atoms with Gasteiger partial charge in [-0.05, 0) is 53.3 Å². The van der Waals surface area contributed by atoms with Gasteiger partial charge < -0.3 is 0 Å². The van der Waals surface area contributed by atoms with E-state index in [4.69, 9.17) is 0 Å². The number of hydrogen-bond acceptors (Lipinski definition) is 0. The number of hydrogen-bond donors (Lipinski definition) is 0. The number of fused-ring (bicyclic) bond motifs is 3. The van der Waals surface area contributed by atoms with Crippen molar-refractivity contribution in [3.8, 4) is 22.3 Å². The predicted octanol–water partition coefficient (Wildman–Crippen LogP) is 6.28. The minimum atomic E-state index is 0.0660. The van der Waals surface area contributed by atoms with Crippen molar-refractivity contribution in [1.29, 1.82) is 0 Å². The van der Waals surface area contributed by atoms with Gasteiger partial charge in [-0.2, -0.15) is 0 Å². The van der Waals surface area contributed by atoms with Crippen LogP contribution >= 0.6 is 0 Å². The molecule has 0 aliphatic heterocycles. The predicted molar refractivity (Wildman–Crippen MR) is 98.9 cm³/mol. The van der Waals surface area contributed by atoms with Crippen LogP contribution in [0.3, 0.4) is 0 Å². The molecule has 0 amide bonds. The summed E-state index contributed by atoms with van der Waals surface area (Å²) in [5.74, 6) is 0. The smallest absolute Gasteiger partial charge is 0.0159 e.